The fourth-order valence-electron chi connectivity index (χ4n) is 2.27. The van der Waals surface area contributed by atoms with Crippen LogP contribution in [0.3, 0.4) is 0 Å². The molecule has 0 amide bonds. The van der Waals surface area contributed by atoms with E-state index in [4.69, 9.17) is 21.1 Å². The summed E-state index contributed by atoms with van der Waals surface area (Å²) in [6.07, 6.45) is 1.36. The van der Waals surface area contributed by atoms with Crippen molar-refractivity contribution in [2.45, 2.75) is 6.92 Å². The van der Waals surface area contributed by atoms with E-state index in [0.717, 1.165) is 11.3 Å². The number of nitrogens with zero attached hydrogens (tertiary/aromatic N) is 3. The maximum absolute atomic E-state index is 12.0. The monoisotopic (exact) mass is 363 g/mol. The Hall–Kier alpha value is -2.38. The van der Waals surface area contributed by atoms with Gasteiger partial charge in [-0.15, -0.1) is 5.10 Å². The lowest BCUT2D eigenvalue weighted by Crippen LogP contribution is -2.05. The molecule has 6 nitrogen and oxygen atoms in total. The first-order valence-electron chi connectivity index (χ1n) is 6.99. The van der Waals surface area contributed by atoms with Crippen LogP contribution in [-0.2, 0) is 14.3 Å². The predicted molar refractivity (Wildman–Crippen MR) is 93.0 cm³/mol. The number of esters is 1. The molecular weight excluding hydrogens is 350 g/mol. The minimum Gasteiger partial charge on any atom is -0.503 e. The molecule has 0 bridgehead atoms. The molecule has 8 heteroatoms. The Bertz CT molecular complexity index is 945. The Morgan fingerprint density at radius 3 is 2.71 bits per heavy atom. The van der Waals surface area contributed by atoms with Crippen LogP contribution < -0.4 is 0 Å². The summed E-state index contributed by atoms with van der Waals surface area (Å²) in [4.78, 5) is 17.8. The number of carbonyl (C=O) groups is 1. The first-order valence-corrected chi connectivity index (χ1v) is 8.19. The zero-order chi connectivity index (χ0) is 17.3. The highest BCUT2D eigenvalue weighted by molar-refractivity contribution is 7.18. The number of hydrogen-bond donors (Lipinski definition) is 0. The third-order valence-electron chi connectivity index (χ3n) is 3.42. The van der Waals surface area contributed by atoms with Crippen LogP contribution in [0.4, 0.5) is 0 Å². The molecular formula is C16H14ClN3O3S. The summed E-state index contributed by atoms with van der Waals surface area (Å²) < 4.78 is 11.5. The van der Waals surface area contributed by atoms with Crippen molar-refractivity contribution in [3.8, 4) is 11.4 Å². The Morgan fingerprint density at radius 2 is 2.08 bits per heavy atom. The Balaban J connectivity index is 2.11. The van der Waals surface area contributed by atoms with Gasteiger partial charge in [-0.3, -0.25) is 0 Å². The normalized spacial score (nSPS) is 11.8. The lowest BCUT2D eigenvalue weighted by atomic mass is 10.2. The molecule has 0 saturated carbocycles. The van der Waals surface area contributed by atoms with Crippen LogP contribution in [0.1, 0.15) is 10.6 Å². The molecule has 0 saturated heterocycles. The van der Waals surface area contributed by atoms with Gasteiger partial charge in [0.15, 0.2) is 5.82 Å². The molecule has 2 aromatic heterocycles. The van der Waals surface area contributed by atoms with E-state index in [1.807, 2.05) is 25.1 Å². The first kappa shape index (κ1) is 16.5. The highest BCUT2D eigenvalue weighted by atomic mass is 35.5. The van der Waals surface area contributed by atoms with Gasteiger partial charge in [0.2, 0.25) is 4.96 Å². The number of rotatable bonds is 4. The van der Waals surface area contributed by atoms with Gasteiger partial charge in [0.25, 0.3) is 0 Å². The highest BCUT2D eigenvalue weighted by Gasteiger charge is 2.22. The molecule has 0 spiro atoms. The average molecular weight is 364 g/mol. The molecule has 3 rings (SSSR count). The number of hydrogen-bond acceptors (Lipinski definition) is 6. The van der Waals surface area contributed by atoms with Gasteiger partial charge in [0, 0.05) is 5.56 Å². The predicted octanol–water partition coefficient (Wildman–Crippen LogP) is 3.58. The third-order valence-corrected chi connectivity index (χ3v) is 4.91. The molecule has 3 aromatic rings. The number of aromatic nitrogens is 3. The SMILES string of the molecule is CO/C=C(\C(=O)OC)c1sc2nc(-c3ccccc3Cl)nn2c1C. The zero-order valence-corrected chi connectivity index (χ0v) is 14.8. The lowest BCUT2D eigenvalue weighted by Gasteiger charge is -2.03. The van der Waals surface area contributed by atoms with E-state index in [1.165, 1.54) is 31.8 Å². The molecule has 0 aliphatic rings. The van der Waals surface area contributed by atoms with Crippen LogP contribution in [-0.4, -0.2) is 34.8 Å². The van der Waals surface area contributed by atoms with Crippen molar-refractivity contribution < 1.29 is 14.3 Å². The van der Waals surface area contributed by atoms with Crippen molar-refractivity contribution in [1.29, 1.82) is 0 Å². The molecule has 124 valence electrons. The van der Waals surface area contributed by atoms with Crippen molar-refractivity contribution in [3.05, 3.63) is 46.1 Å². The van der Waals surface area contributed by atoms with E-state index < -0.39 is 5.97 Å². The van der Waals surface area contributed by atoms with E-state index in [-0.39, 0.29) is 0 Å². The van der Waals surface area contributed by atoms with Crippen LogP contribution in [0.2, 0.25) is 5.02 Å². The number of thiazole rings is 1. The second-order valence-corrected chi connectivity index (χ2v) is 6.27. The van der Waals surface area contributed by atoms with Crippen LogP contribution in [0.25, 0.3) is 21.9 Å². The Morgan fingerprint density at radius 1 is 1.33 bits per heavy atom. The van der Waals surface area contributed by atoms with Crippen molar-refractivity contribution >= 4 is 39.4 Å². The maximum Gasteiger partial charge on any atom is 0.342 e. The smallest absolute Gasteiger partial charge is 0.342 e. The second-order valence-electron chi connectivity index (χ2n) is 4.89. The first-order chi connectivity index (χ1) is 11.6. The number of carbonyl (C=O) groups excluding carboxylic acids is 1. The molecule has 0 atom stereocenters. The summed E-state index contributed by atoms with van der Waals surface area (Å²) in [6.45, 7) is 1.86. The standard InChI is InChI=1S/C16H14ClN3O3S/c1-9-13(11(8-22-2)15(21)23-3)24-16-18-14(19-20(9)16)10-6-4-5-7-12(10)17/h4-8H,1-3H3/b11-8-. The quantitative estimate of drug-likeness (QED) is 0.402. The van der Waals surface area contributed by atoms with Crippen LogP contribution in [0, 0.1) is 6.92 Å². The summed E-state index contributed by atoms with van der Waals surface area (Å²) in [6, 6.07) is 7.39. The molecule has 0 radical (unpaired) electrons. The number of fused-ring (bicyclic) bond motifs is 1. The van der Waals surface area contributed by atoms with Gasteiger partial charge in [-0.2, -0.15) is 4.98 Å². The van der Waals surface area contributed by atoms with Gasteiger partial charge < -0.3 is 9.47 Å². The number of aryl methyl sites for hydroxylation is 1. The molecule has 0 unspecified atom stereocenters. The molecule has 1 aromatic carbocycles. The van der Waals surface area contributed by atoms with E-state index in [9.17, 15) is 4.79 Å². The van der Waals surface area contributed by atoms with Crippen molar-refractivity contribution in [1.82, 2.24) is 14.6 Å². The second kappa shape index (κ2) is 6.62. The number of halogens is 1. The van der Waals surface area contributed by atoms with Crippen molar-refractivity contribution in [3.63, 3.8) is 0 Å². The van der Waals surface area contributed by atoms with Crippen LogP contribution >= 0.6 is 22.9 Å². The van der Waals surface area contributed by atoms with Crippen LogP contribution in [0.15, 0.2) is 30.5 Å². The molecule has 0 aliphatic carbocycles. The van der Waals surface area contributed by atoms with E-state index in [2.05, 4.69) is 10.1 Å². The van der Waals surface area contributed by atoms with E-state index >= 15 is 0 Å². The maximum atomic E-state index is 12.0. The molecule has 0 fully saturated rings. The fraction of sp³-hybridized carbons (Fsp3) is 0.188. The van der Waals surface area contributed by atoms with Gasteiger partial charge in [-0.25, -0.2) is 9.31 Å². The number of methoxy groups -OCH3 is 2. The average Bonchev–Trinajstić information content (AvgIpc) is 3.12. The molecule has 0 N–H and O–H groups in total. The Labute approximate surface area is 147 Å². The topological polar surface area (TPSA) is 65.7 Å². The number of benzene rings is 1. The van der Waals surface area contributed by atoms with Gasteiger partial charge in [0.1, 0.15) is 5.57 Å². The van der Waals surface area contributed by atoms with E-state index in [1.54, 1.807) is 10.6 Å². The lowest BCUT2D eigenvalue weighted by molar-refractivity contribution is -0.133. The van der Waals surface area contributed by atoms with Gasteiger partial charge in [-0.1, -0.05) is 35.1 Å². The fourth-order valence-corrected chi connectivity index (χ4v) is 3.55. The number of ether oxygens (including phenoxy) is 2. The summed E-state index contributed by atoms with van der Waals surface area (Å²) >= 11 is 7.54. The summed E-state index contributed by atoms with van der Waals surface area (Å²) in [5, 5.41) is 5.09. The summed E-state index contributed by atoms with van der Waals surface area (Å²) in [7, 11) is 2.80. The summed E-state index contributed by atoms with van der Waals surface area (Å²) in [5.74, 6) is 0.0626. The Kier molecular flexibility index (Phi) is 4.55. The molecule has 24 heavy (non-hydrogen) atoms. The minimum absolute atomic E-state index is 0.328. The third kappa shape index (κ3) is 2.76. The summed E-state index contributed by atoms with van der Waals surface area (Å²) in [5.41, 5.74) is 1.86. The minimum atomic E-state index is -0.476. The van der Waals surface area contributed by atoms with Gasteiger partial charge in [-0.05, 0) is 19.1 Å². The largest absolute Gasteiger partial charge is 0.503 e. The van der Waals surface area contributed by atoms with Crippen molar-refractivity contribution in [2.24, 2.45) is 0 Å². The zero-order valence-electron chi connectivity index (χ0n) is 13.2. The highest BCUT2D eigenvalue weighted by Crippen LogP contribution is 2.32. The molecule has 2 heterocycles. The van der Waals surface area contributed by atoms with Crippen LogP contribution in [0.5, 0.6) is 0 Å². The van der Waals surface area contributed by atoms with E-state index in [0.29, 0.717) is 26.3 Å². The van der Waals surface area contributed by atoms with Crippen molar-refractivity contribution in [2.75, 3.05) is 14.2 Å². The molecule has 0 aliphatic heterocycles. The van der Waals surface area contributed by atoms with Gasteiger partial charge >= 0.3 is 5.97 Å². The van der Waals surface area contributed by atoms with Gasteiger partial charge in [0.05, 0.1) is 36.1 Å².